The Morgan fingerprint density at radius 1 is 1.35 bits per heavy atom. The molecule has 1 aromatic rings. The number of benzene rings is 1. The molecule has 3 amide bonds. The van der Waals surface area contributed by atoms with Crippen LogP contribution in [0.2, 0.25) is 0 Å². The molecule has 1 aromatic carbocycles. The first-order chi connectivity index (χ1) is 11.1. The van der Waals surface area contributed by atoms with E-state index in [-0.39, 0.29) is 12.5 Å². The van der Waals surface area contributed by atoms with Crippen LogP contribution in [0.4, 0.5) is 10.5 Å². The largest absolute Gasteiger partial charge is 0.462 e. The van der Waals surface area contributed by atoms with Gasteiger partial charge >= 0.3 is 12.0 Å². The zero-order valence-corrected chi connectivity index (χ0v) is 13.1. The fourth-order valence-corrected chi connectivity index (χ4v) is 2.34. The molecule has 7 heteroatoms. The van der Waals surface area contributed by atoms with Gasteiger partial charge in [0, 0.05) is 12.2 Å². The van der Waals surface area contributed by atoms with Crippen molar-refractivity contribution in [2.45, 2.75) is 32.2 Å². The van der Waals surface area contributed by atoms with E-state index >= 15 is 0 Å². The highest BCUT2D eigenvalue weighted by Gasteiger charge is 2.22. The maximum atomic E-state index is 12.0. The first kappa shape index (κ1) is 16.8. The number of nitrogens with one attached hydrogen (secondary N) is 3. The molecule has 0 aromatic heterocycles. The van der Waals surface area contributed by atoms with Gasteiger partial charge in [-0.1, -0.05) is 6.07 Å². The zero-order chi connectivity index (χ0) is 16.7. The molecule has 1 heterocycles. The summed E-state index contributed by atoms with van der Waals surface area (Å²) >= 11 is 0. The van der Waals surface area contributed by atoms with Crippen molar-refractivity contribution < 1.29 is 19.1 Å². The van der Waals surface area contributed by atoms with E-state index in [0.717, 1.165) is 12.8 Å². The Hall–Kier alpha value is -2.57. The fraction of sp³-hybridized carbons (Fsp3) is 0.438. The predicted molar refractivity (Wildman–Crippen MR) is 85.2 cm³/mol. The van der Waals surface area contributed by atoms with E-state index in [1.807, 2.05) is 0 Å². The molecule has 0 saturated carbocycles. The number of carbonyl (C=O) groups excluding carboxylic acids is 3. The van der Waals surface area contributed by atoms with Crippen LogP contribution in [0.5, 0.6) is 0 Å². The Balaban J connectivity index is 1.95. The van der Waals surface area contributed by atoms with Gasteiger partial charge in [0.15, 0.2) is 0 Å². The average Bonchev–Trinajstić information content (AvgIpc) is 2.73. The quantitative estimate of drug-likeness (QED) is 0.735. The fourth-order valence-electron chi connectivity index (χ4n) is 2.34. The van der Waals surface area contributed by atoms with Crippen molar-refractivity contribution in [3.8, 4) is 0 Å². The van der Waals surface area contributed by atoms with Gasteiger partial charge in [-0.05, 0) is 44.4 Å². The SMILES string of the molecule is CCOC(=O)c1cccc(NC(=O)NC2CCCCNC2=O)c1. The van der Waals surface area contributed by atoms with E-state index in [1.54, 1.807) is 25.1 Å². The van der Waals surface area contributed by atoms with Crippen LogP contribution in [0.1, 0.15) is 36.5 Å². The summed E-state index contributed by atoms with van der Waals surface area (Å²) in [6.07, 6.45) is 2.40. The van der Waals surface area contributed by atoms with Crippen LogP contribution >= 0.6 is 0 Å². The van der Waals surface area contributed by atoms with Gasteiger partial charge in [-0.3, -0.25) is 4.79 Å². The summed E-state index contributed by atoms with van der Waals surface area (Å²) in [5.74, 6) is -0.613. The van der Waals surface area contributed by atoms with E-state index in [9.17, 15) is 14.4 Å². The molecule has 1 unspecified atom stereocenters. The third-order valence-electron chi connectivity index (χ3n) is 3.47. The Morgan fingerprint density at radius 3 is 2.96 bits per heavy atom. The molecule has 3 N–H and O–H groups in total. The van der Waals surface area contributed by atoms with Crippen LogP contribution in [0.3, 0.4) is 0 Å². The lowest BCUT2D eigenvalue weighted by Crippen LogP contribution is -2.47. The summed E-state index contributed by atoms with van der Waals surface area (Å²) in [6.45, 7) is 2.65. The summed E-state index contributed by atoms with van der Waals surface area (Å²) in [5, 5.41) is 8.04. The average molecular weight is 319 g/mol. The van der Waals surface area contributed by atoms with E-state index < -0.39 is 18.0 Å². The van der Waals surface area contributed by atoms with Crippen LogP contribution < -0.4 is 16.0 Å². The van der Waals surface area contributed by atoms with Crippen molar-refractivity contribution in [2.75, 3.05) is 18.5 Å². The van der Waals surface area contributed by atoms with Crippen LogP contribution in [0.15, 0.2) is 24.3 Å². The second-order valence-corrected chi connectivity index (χ2v) is 5.24. The van der Waals surface area contributed by atoms with Gasteiger partial charge in [0.1, 0.15) is 6.04 Å². The van der Waals surface area contributed by atoms with Gasteiger partial charge in [0.25, 0.3) is 0 Å². The Labute approximate surface area is 134 Å². The Morgan fingerprint density at radius 2 is 2.17 bits per heavy atom. The maximum absolute atomic E-state index is 12.0. The molecule has 0 radical (unpaired) electrons. The molecule has 1 fully saturated rings. The van der Waals surface area contributed by atoms with Gasteiger partial charge in [-0.2, -0.15) is 0 Å². The third-order valence-corrected chi connectivity index (χ3v) is 3.47. The number of urea groups is 1. The molecule has 2 rings (SSSR count). The lowest BCUT2D eigenvalue weighted by Gasteiger charge is -2.16. The van der Waals surface area contributed by atoms with E-state index in [0.29, 0.717) is 24.2 Å². The van der Waals surface area contributed by atoms with Crippen molar-refractivity contribution in [2.24, 2.45) is 0 Å². The highest BCUT2D eigenvalue weighted by molar-refractivity contribution is 5.96. The molecule has 23 heavy (non-hydrogen) atoms. The molecule has 1 saturated heterocycles. The highest BCUT2D eigenvalue weighted by Crippen LogP contribution is 2.12. The number of carbonyl (C=O) groups is 3. The maximum Gasteiger partial charge on any atom is 0.338 e. The van der Waals surface area contributed by atoms with Crippen molar-refractivity contribution in [1.29, 1.82) is 0 Å². The van der Waals surface area contributed by atoms with Crippen LogP contribution in [0.25, 0.3) is 0 Å². The number of amides is 3. The lowest BCUT2D eigenvalue weighted by molar-refractivity contribution is -0.122. The molecule has 7 nitrogen and oxygen atoms in total. The minimum Gasteiger partial charge on any atom is -0.462 e. The monoisotopic (exact) mass is 319 g/mol. The highest BCUT2D eigenvalue weighted by atomic mass is 16.5. The van der Waals surface area contributed by atoms with E-state index in [1.165, 1.54) is 6.07 Å². The summed E-state index contributed by atoms with van der Waals surface area (Å²) in [4.78, 5) is 35.5. The van der Waals surface area contributed by atoms with Crippen molar-refractivity contribution >= 4 is 23.6 Å². The standard InChI is InChI=1S/C16H21N3O4/c1-2-23-15(21)11-6-5-7-12(10-11)18-16(22)19-13-8-3-4-9-17-14(13)20/h5-7,10,13H,2-4,8-9H2,1H3,(H,17,20)(H2,18,19,22). The summed E-state index contributed by atoms with van der Waals surface area (Å²) in [6, 6.07) is 5.44. The predicted octanol–water partition coefficient (Wildman–Crippen LogP) is 1.65. The second kappa shape index (κ2) is 8.17. The molecule has 124 valence electrons. The molecule has 1 aliphatic rings. The van der Waals surface area contributed by atoms with Crippen LogP contribution in [-0.4, -0.2) is 37.1 Å². The number of anilines is 1. The molecule has 1 aliphatic heterocycles. The van der Waals surface area contributed by atoms with Crippen molar-refractivity contribution in [1.82, 2.24) is 10.6 Å². The molecular formula is C16H21N3O4. The molecule has 0 aliphatic carbocycles. The smallest absolute Gasteiger partial charge is 0.338 e. The van der Waals surface area contributed by atoms with Gasteiger partial charge in [0.05, 0.1) is 12.2 Å². The molecular weight excluding hydrogens is 298 g/mol. The zero-order valence-electron chi connectivity index (χ0n) is 13.1. The van der Waals surface area contributed by atoms with Gasteiger partial charge in [-0.15, -0.1) is 0 Å². The molecule has 0 bridgehead atoms. The summed E-state index contributed by atoms with van der Waals surface area (Å²) in [7, 11) is 0. The normalized spacial score (nSPS) is 17.6. The summed E-state index contributed by atoms with van der Waals surface area (Å²) in [5.41, 5.74) is 0.818. The minimum atomic E-state index is -0.536. The number of esters is 1. The van der Waals surface area contributed by atoms with Crippen LogP contribution in [-0.2, 0) is 9.53 Å². The first-order valence-electron chi connectivity index (χ1n) is 7.72. The number of rotatable bonds is 4. The topological polar surface area (TPSA) is 96.5 Å². The van der Waals surface area contributed by atoms with Gasteiger partial charge in [-0.25, -0.2) is 9.59 Å². The Bertz CT molecular complexity index is 588. The molecule has 1 atom stereocenters. The van der Waals surface area contributed by atoms with E-state index in [4.69, 9.17) is 4.74 Å². The van der Waals surface area contributed by atoms with E-state index in [2.05, 4.69) is 16.0 Å². The number of hydrogen-bond donors (Lipinski definition) is 3. The van der Waals surface area contributed by atoms with Gasteiger partial charge in [0.2, 0.25) is 5.91 Å². The molecule has 0 spiro atoms. The van der Waals surface area contributed by atoms with Gasteiger partial charge < -0.3 is 20.7 Å². The lowest BCUT2D eigenvalue weighted by atomic mass is 10.1. The van der Waals surface area contributed by atoms with Crippen molar-refractivity contribution in [3.05, 3.63) is 29.8 Å². The summed E-state index contributed by atoms with van der Waals surface area (Å²) < 4.78 is 4.92. The number of hydrogen-bond acceptors (Lipinski definition) is 4. The first-order valence-corrected chi connectivity index (χ1v) is 7.72. The van der Waals surface area contributed by atoms with Crippen molar-refractivity contribution in [3.63, 3.8) is 0 Å². The number of ether oxygens (including phenoxy) is 1. The van der Waals surface area contributed by atoms with Crippen LogP contribution in [0, 0.1) is 0 Å². The Kier molecular flexibility index (Phi) is 5.96. The second-order valence-electron chi connectivity index (χ2n) is 5.24. The third kappa shape index (κ3) is 4.98. The minimum absolute atomic E-state index is 0.169.